The number of phenolic OH excluding ortho intramolecular Hbond substituents is 1. The minimum atomic E-state index is 0.0835. The molecule has 0 amide bonds. The van der Waals surface area contributed by atoms with Crippen LogP contribution >= 0.6 is 23.2 Å². The van der Waals surface area contributed by atoms with Crippen molar-refractivity contribution in [1.82, 2.24) is 0 Å². The van der Waals surface area contributed by atoms with E-state index in [1.165, 1.54) is 12.1 Å². The molecule has 1 N–H and O–H groups in total. The summed E-state index contributed by atoms with van der Waals surface area (Å²) in [6.45, 7) is 0. The highest BCUT2D eigenvalue weighted by molar-refractivity contribution is 6.36. The lowest BCUT2D eigenvalue weighted by molar-refractivity contribution is 0.414. The number of ether oxygens (including phenoxy) is 1. The molecule has 0 aliphatic heterocycles. The summed E-state index contributed by atoms with van der Waals surface area (Å²) < 4.78 is 5.18. The SMILES string of the molecule is COc1cccc(CCc2c(Cl)cc(O)cc2Cl)c1. The summed E-state index contributed by atoms with van der Waals surface area (Å²) in [4.78, 5) is 0. The Kier molecular flexibility index (Phi) is 4.56. The van der Waals surface area contributed by atoms with Gasteiger partial charge >= 0.3 is 0 Å². The maximum Gasteiger partial charge on any atom is 0.119 e. The number of methoxy groups -OCH3 is 1. The van der Waals surface area contributed by atoms with Crippen molar-refractivity contribution < 1.29 is 9.84 Å². The lowest BCUT2D eigenvalue weighted by atomic mass is 10.0. The molecule has 4 heteroatoms. The molecule has 2 rings (SSSR count). The number of halogens is 2. The highest BCUT2D eigenvalue weighted by Crippen LogP contribution is 2.30. The van der Waals surface area contributed by atoms with Crippen molar-refractivity contribution >= 4 is 23.2 Å². The van der Waals surface area contributed by atoms with Gasteiger partial charge in [0, 0.05) is 10.0 Å². The van der Waals surface area contributed by atoms with Gasteiger partial charge in [0.2, 0.25) is 0 Å². The third-order valence-electron chi connectivity index (χ3n) is 2.92. The fourth-order valence-corrected chi connectivity index (χ4v) is 2.59. The van der Waals surface area contributed by atoms with E-state index in [0.29, 0.717) is 16.5 Å². The fraction of sp³-hybridized carbons (Fsp3) is 0.200. The Morgan fingerprint density at radius 2 is 1.74 bits per heavy atom. The van der Waals surface area contributed by atoms with Crippen LogP contribution < -0.4 is 4.74 Å². The zero-order chi connectivity index (χ0) is 13.8. The van der Waals surface area contributed by atoms with Crippen molar-refractivity contribution in [2.75, 3.05) is 7.11 Å². The fourth-order valence-electron chi connectivity index (χ4n) is 1.93. The molecule has 0 aromatic heterocycles. The summed E-state index contributed by atoms with van der Waals surface area (Å²) >= 11 is 12.2. The summed E-state index contributed by atoms with van der Waals surface area (Å²) in [6, 6.07) is 10.9. The molecule has 2 aromatic rings. The average Bonchev–Trinajstić information content (AvgIpc) is 2.37. The van der Waals surface area contributed by atoms with E-state index in [-0.39, 0.29) is 5.75 Å². The second-order valence-electron chi connectivity index (χ2n) is 4.24. The molecule has 2 nitrogen and oxygen atoms in total. The van der Waals surface area contributed by atoms with Gasteiger partial charge in [0.1, 0.15) is 11.5 Å². The van der Waals surface area contributed by atoms with E-state index < -0.39 is 0 Å². The second kappa shape index (κ2) is 6.18. The molecule has 100 valence electrons. The van der Waals surface area contributed by atoms with Crippen LogP contribution in [0.4, 0.5) is 0 Å². The van der Waals surface area contributed by atoms with E-state index in [4.69, 9.17) is 27.9 Å². The molecular formula is C15H14Cl2O2. The molecule has 0 atom stereocenters. The highest BCUT2D eigenvalue weighted by atomic mass is 35.5. The average molecular weight is 297 g/mol. The summed E-state index contributed by atoms with van der Waals surface area (Å²) in [5.41, 5.74) is 2.00. The Morgan fingerprint density at radius 1 is 1.05 bits per heavy atom. The van der Waals surface area contributed by atoms with E-state index >= 15 is 0 Å². The molecule has 0 aliphatic rings. The maximum atomic E-state index is 9.39. The van der Waals surface area contributed by atoms with Gasteiger partial charge in [-0.25, -0.2) is 0 Å². The maximum absolute atomic E-state index is 9.39. The summed E-state index contributed by atoms with van der Waals surface area (Å²) in [5, 5.41) is 10.4. The molecule has 0 heterocycles. The number of aromatic hydroxyl groups is 1. The Bertz CT molecular complexity index is 559. The first kappa shape index (κ1) is 14.0. The molecule has 2 aromatic carbocycles. The van der Waals surface area contributed by atoms with Crippen molar-refractivity contribution in [2.24, 2.45) is 0 Å². The van der Waals surface area contributed by atoms with Crippen LogP contribution in [0.5, 0.6) is 11.5 Å². The van der Waals surface area contributed by atoms with E-state index in [1.54, 1.807) is 7.11 Å². The van der Waals surface area contributed by atoms with Crippen molar-refractivity contribution in [3.8, 4) is 11.5 Å². The first-order chi connectivity index (χ1) is 9.10. The molecule has 0 radical (unpaired) electrons. The van der Waals surface area contributed by atoms with Crippen LogP contribution in [0.25, 0.3) is 0 Å². The van der Waals surface area contributed by atoms with E-state index in [2.05, 4.69) is 0 Å². The van der Waals surface area contributed by atoms with Crippen molar-refractivity contribution in [2.45, 2.75) is 12.8 Å². The lowest BCUT2D eigenvalue weighted by Crippen LogP contribution is -1.94. The van der Waals surface area contributed by atoms with Crippen LogP contribution in [0.3, 0.4) is 0 Å². The van der Waals surface area contributed by atoms with Gasteiger partial charge in [-0.2, -0.15) is 0 Å². The molecule has 0 bridgehead atoms. The van der Waals surface area contributed by atoms with Crippen LogP contribution in [0.2, 0.25) is 10.0 Å². The van der Waals surface area contributed by atoms with Crippen molar-refractivity contribution in [3.05, 3.63) is 57.6 Å². The Hall–Kier alpha value is -1.38. The molecule has 0 saturated carbocycles. The highest BCUT2D eigenvalue weighted by Gasteiger charge is 2.08. The van der Waals surface area contributed by atoms with Crippen molar-refractivity contribution in [1.29, 1.82) is 0 Å². The van der Waals surface area contributed by atoms with Crippen LogP contribution in [-0.4, -0.2) is 12.2 Å². The molecule has 0 unspecified atom stereocenters. The van der Waals surface area contributed by atoms with Crippen LogP contribution in [-0.2, 0) is 12.8 Å². The van der Waals surface area contributed by atoms with Gasteiger partial charge < -0.3 is 9.84 Å². The molecule has 0 fully saturated rings. The Balaban J connectivity index is 2.14. The minimum Gasteiger partial charge on any atom is -0.508 e. The topological polar surface area (TPSA) is 29.5 Å². The minimum absolute atomic E-state index is 0.0835. The van der Waals surface area contributed by atoms with Gasteiger partial charge in [-0.15, -0.1) is 0 Å². The van der Waals surface area contributed by atoms with Crippen LogP contribution in [0, 0.1) is 0 Å². The lowest BCUT2D eigenvalue weighted by Gasteiger charge is -2.08. The van der Waals surface area contributed by atoms with Crippen LogP contribution in [0.15, 0.2) is 36.4 Å². The Labute approximate surface area is 122 Å². The monoisotopic (exact) mass is 296 g/mol. The van der Waals surface area contributed by atoms with E-state index in [9.17, 15) is 5.11 Å². The predicted molar refractivity (Wildman–Crippen MR) is 78.5 cm³/mol. The largest absolute Gasteiger partial charge is 0.508 e. The molecule has 19 heavy (non-hydrogen) atoms. The molecule has 0 spiro atoms. The standard InChI is InChI=1S/C15H14Cl2O2/c1-19-12-4-2-3-10(7-12)5-6-13-14(16)8-11(18)9-15(13)17/h2-4,7-9,18H,5-6H2,1H3. The number of phenols is 1. The third kappa shape index (κ3) is 3.55. The van der Waals surface area contributed by atoms with Gasteiger partial charge in [0.05, 0.1) is 7.11 Å². The number of hydrogen-bond donors (Lipinski definition) is 1. The summed E-state index contributed by atoms with van der Waals surface area (Å²) in [5.74, 6) is 0.917. The third-order valence-corrected chi connectivity index (χ3v) is 3.60. The van der Waals surface area contributed by atoms with Crippen LogP contribution in [0.1, 0.15) is 11.1 Å². The first-order valence-electron chi connectivity index (χ1n) is 5.90. The van der Waals surface area contributed by atoms with Gasteiger partial charge in [-0.3, -0.25) is 0 Å². The second-order valence-corrected chi connectivity index (χ2v) is 5.05. The van der Waals surface area contributed by atoms with E-state index in [0.717, 1.165) is 23.3 Å². The number of hydrogen-bond acceptors (Lipinski definition) is 2. The zero-order valence-corrected chi connectivity index (χ0v) is 12.0. The number of benzene rings is 2. The van der Waals surface area contributed by atoms with E-state index in [1.807, 2.05) is 24.3 Å². The Morgan fingerprint density at radius 3 is 2.37 bits per heavy atom. The molecule has 0 saturated heterocycles. The normalized spacial score (nSPS) is 10.5. The summed E-state index contributed by atoms with van der Waals surface area (Å²) in [6.07, 6.45) is 1.52. The summed E-state index contributed by atoms with van der Waals surface area (Å²) in [7, 11) is 1.65. The smallest absolute Gasteiger partial charge is 0.119 e. The number of aryl methyl sites for hydroxylation is 1. The predicted octanol–water partition coefficient (Wildman–Crippen LogP) is 4.49. The van der Waals surface area contributed by atoms with Gasteiger partial charge in [-0.05, 0) is 48.2 Å². The molecule has 0 aliphatic carbocycles. The van der Waals surface area contributed by atoms with Gasteiger partial charge in [-0.1, -0.05) is 35.3 Å². The van der Waals surface area contributed by atoms with Gasteiger partial charge in [0.15, 0.2) is 0 Å². The quantitative estimate of drug-likeness (QED) is 0.900. The zero-order valence-electron chi connectivity index (χ0n) is 10.5. The molecular weight excluding hydrogens is 283 g/mol. The van der Waals surface area contributed by atoms with Gasteiger partial charge in [0.25, 0.3) is 0 Å². The first-order valence-corrected chi connectivity index (χ1v) is 6.65. The van der Waals surface area contributed by atoms with Crippen molar-refractivity contribution in [3.63, 3.8) is 0 Å². The number of rotatable bonds is 4.